The van der Waals surface area contributed by atoms with Gasteiger partial charge in [-0.2, -0.15) is 0 Å². The molecule has 0 aliphatic carbocycles. The molecule has 2 aromatic carbocycles. The molecule has 0 saturated carbocycles. The number of benzene rings is 2. The molecule has 1 atom stereocenters. The van der Waals surface area contributed by atoms with Crippen molar-refractivity contribution in [2.45, 2.75) is 32.3 Å². The molecule has 5 nitrogen and oxygen atoms in total. The zero-order chi connectivity index (χ0) is 18.1. The number of rotatable bonds is 9. The lowest BCUT2D eigenvalue weighted by atomic mass is 10.1. The summed E-state index contributed by atoms with van der Waals surface area (Å²) in [6.45, 7) is 2.15. The Kier molecular flexibility index (Phi) is 7.01. The first kappa shape index (κ1) is 18.5. The highest BCUT2D eigenvalue weighted by molar-refractivity contribution is 6.02. The number of para-hydroxylation sites is 1. The van der Waals surface area contributed by atoms with Gasteiger partial charge in [0, 0.05) is 0 Å². The molecule has 0 radical (unpaired) electrons. The van der Waals surface area contributed by atoms with Crippen molar-refractivity contribution in [1.29, 1.82) is 0 Å². The molecule has 0 amide bonds. The number of unbranched alkanes of at least 4 members (excludes halogenated alkanes) is 1. The molecule has 0 aliphatic rings. The van der Waals surface area contributed by atoms with Gasteiger partial charge in [0.2, 0.25) is 0 Å². The average molecular weight is 342 g/mol. The lowest BCUT2D eigenvalue weighted by Gasteiger charge is -2.19. The van der Waals surface area contributed by atoms with Crippen LogP contribution in [0.15, 0.2) is 54.6 Å². The molecule has 0 aliphatic heterocycles. The molecule has 1 N–H and O–H groups in total. The Bertz CT molecular complexity index is 696. The van der Waals surface area contributed by atoms with E-state index in [9.17, 15) is 14.7 Å². The third-order valence-electron chi connectivity index (χ3n) is 3.70. The summed E-state index contributed by atoms with van der Waals surface area (Å²) in [4.78, 5) is 23.5. The summed E-state index contributed by atoms with van der Waals surface area (Å²) in [6.07, 6.45) is 2.42. The van der Waals surface area contributed by atoms with Crippen molar-refractivity contribution < 1.29 is 24.2 Å². The molecule has 25 heavy (non-hydrogen) atoms. The fourth-order valence-electron chi connectivity index (χ4n) is 2.39. The van der Waals surface area contributed by atoms with E-state index < -0.39 is 11.9 Å². The maximum Gasteiger partial charge on any atom is 0.339 e. The van der Waals surface area contributed by atoms with Crippen molar-refractivity contribution in [1.82, 2.24) is 0 Å². The molecule has 0 bridgehead atoms. The zero-order valence-electron chi connectivity index (χ0n) is 14.2. The maximum atomic E-state index is 12.3. The largest absolute Gasteiger partial charge is 0.487 e. The van der Waals surface area contributed by atoms with Crippen molar-refractivity contribution in [3.8, 4) is 5.75 Å². The number of carbonyl (C=O) groups is 2. The SMILES string of the molecule is CCCCC(COC(=O)c1ccccc1C(=O)O)Oc1ccccc1. The first-order valence-corrected chi connectivity index (χ1v) is 8.33. The number of aromatic carboxylic acids is 1. The highest BCUT2D eigenvalue weighted by Crippen LogP contribution is 2.16. The van der Waals surface area contributed by atoms with E-state index in [1.165, 1.54) is 12.1 Å². The Morgan fingerprint density at radius 2 is 1.64 bits per heavy atom. The van der Waals surface area contributed by atoms with Crippen molar-refractivity contribution in [3.05, 3.63) is 65.7 Å². The van der Waals surface area contributed by atoms with Crippen LogP contribution in [0.1, 0.15) is 46.9 Å². The van der Waals surface area contributed by atoms with Gasteiger partial charge in [-0.3, -0.25) is 0 Å². The number of carboxylic acids is 1. The summed E-state index contributed by atoms with van der Waals surface area (Å²) in [7, 11) is 0. The van der Waals surface area contributed by atoms with Crippen LogP contribution in [0.2, 0.25) is 0 Å². The third-order valence-corrected chi connectivity index (χ3v) is 3.70. The van der Waals surface area contributed by atoms with Gasteiger partial charge < -0.3 is 14.6 Å². The number of carboxylic acid groups (broad SMARTS) is 1. The van der Waals surface area contributed by atoms with Gasteiger partial charge in [0.15, 0.2) is 0 Å². The minimum absolute atomic E-state index is 0.0453. The highest BCUT2D eigenvalue weighted by Gasteiger charge is 2.19. The minimum Gasteiger partial charge on any atom is -0.487 e. The van der Waals surface area contributed by atoms with E-state index in [1.807, 2.05) is 30.3 Å². The van der Waals surface area contributed by atoms with Gasteiger partial charge in [-0.25, -0.2) is 9.59 Å². The van der Waals surface area contributed by atoms with Crippen molar-refractivity contribution in [2.75, 3.05) is 6.61 Å². The normalized spacial score (nSPS) is 11.6. The van der Waals surface area contributed by atoms with Gasteiger partial charge in [-0.15, -0.1) is 0 Å². The molecule has 132 valence electrons. The molecule has 0 saturated heterocycles. The van der Waals surface area contributed by atoms with Crippen molar-refractivity contribution >= 4 is 11.9 Å². The van der Waals surface area contributed by atoms with Crippen LogP contribution >= 0.6 is 0 Å². The van der Waals surface area contributed by atoms with Gasteiger partial charge in [0.05, 0.1) is 11.1 Å². The zero-order valence-corrected chi connectivity index (χ0v) is 14.2. The molecule has 1 unspecified atom stereocenters. The summed E-state index contributed by atoms with van der Waals surface area (Å²) in [5.41, 5.74) is -0.0226. The lowest BCUT2D eigenvalue weighted by molar-refractivity contribution is 0.0288. The number of esters is 1. The van der Waals surface area contributed by atoms with Gasteiger partial charge in [0.25, 0.3) is 0 Å². The number of ether oxygens (including phenoxy) is 2. The molecule has 5 heteroatoms. The summed E-state index contributed by atoms with van der Waals surface area (Å²) in [5.74, 6) is -1.10. The predicted octanol–water partition coefficient (Wildman–Crippen LogP) is 4.18. The minimum atomic E-state index is -1.16. The third kappa shape index (κ3) is 5.64. The van der Waals surface area contributed by atoms with Crippen LogP contribution in [0, 0.1) is 0 Å². The van der Waals surface area contributed by atoms with Gasteiger partial charge >= 0.3 is 11.9 Å². The van der Waals surface area contributed by atoms with Crippen LogP contribution in [0.5, 0.6) is 5.75 Å². The maximum absolute atomic E-state index is 12.3. The van der Waals surface area contributed by atoms with Gasteiger partial charge in [-0.1, -0.05) is 43.7 Å². The second-order valence-electron chi connectivity index (χ2n) is 5.64. The van der Waals surface area contributed by atoms with Gasteiger partial charge in [-0.05, 0) is 37.1 Å². The number of hydrogen-bond acceptors (Lipinski definition) is 4. The van der Waals surface area contributed by atoms with Crippen LogP contribution in [-0.4, -0.2) is 29.8 Å². The summed E-state index contributed by atoms with van der Waals surface area (Å²) in [5, 5.41) is 9.17. The van der Waals surface area contributed by atoms with Crippen LogP contribution in [0.25, 0.3) is 0 Å². The molecular formula is C20H22O5. The van der Waals surface area contributed by atoms with E-state index in [0.29, 0.717) is 5.75 Å². The van der Waals surface area contributed by atoms with Crippen molar-refractivity contribution in [2.24, 2.45) is 0 Å². The molecule has 0 heterocycles. The van der Waals surface area contributed by atoms with Crippen molar-refractivity contribution in [3.63, 3.8) is 0 Å². The number of carbonyl (C=O) groups excluding carboxylic acids is 1. The fraction of sp³-hybridized carbons (Fsp3) is 0.300. The van der Waals surface area contributed by atoms with E-state index in [1.54, 1.807) is 12.1 Å². The molecule has 2 rings (SSSR count). The van der Waals surface area contributed by atoms with Crippen LogP contribution < -0.4 is 4.74 Å². The Labute approximate surface area is 147 Å². The second-order valence-corrected chi connectivity index (χ2v) is 5.64. The standard InChI is InChI=1S/C20H22O5/c1-2-3-9-16(25-15-10-5-4-6-11-15)14-24-20(23)18-13-8-7-12-17(18)19(21)22/h4-8,10-13,16H,2-3,9,14H2,1H3,(H,21,22). The summed E-state index contributed by atoms with van der Waals surface area (Å²) >= 11 is 0. The molecule has 0 aromatic heterocycles. The Hall–Kier alpha value is -2.82. The van der Waals surface area contributed by atoms with Crippen LogP contribution in [0.3, 0.4) is 0 Å². The first-order chi connectivity index (χ1) is 12.1. The fourth-order valence-corrected chi connectivity index (χ4v) is 2.39. The highest BCUT2D eigenvalue weighted by atomic mass is 16.6. The predicted molar refractivity (Wildman–Crippen MR) is 94.1 cm³/mol. The van der Waals surface area contributed by atoms with Gasteiger partial charge in [0.1, 0.15) is 18.5 Å². The van der Waals surface area contributed by atoms with E-state index in [-0.39, 0.29) is 23.8 Å². The smallest absolute Gasteiger partial charge is 0.339 e. The molecule has 2 aromatic rings. The second kappa shape index (κ2) is 9.47. The first-order valence-electron chi connectivity index (χ1n) is 8.33. The molecule has 0 fully saturated rings. The van der Waals surface area contributed by atoms with Crippen LogP contribution in [-0.2, 0) is 4.74 Å². The van der Waals surface area contributed by atoms with Crippen LogP contribution in [0.4, 0.5) is 0 Å². The molecular weight excluding hydrogens is 320 g/mol. The summed E-state index contributed by atoms with van der Waals surface area (Å²) in [6, 6.07) is 15.4. The monoisotopic (exact) mass is 342 g/mol. The quantitative estimate of drug-likeness (QED) is 0.692. The Morgan fingerprint density at radius 1 is 1.00 bits per heavy atom. The number of hydrogen-bond donors (Lipinski definition) is 1. The molecule has 0 spiro atoms. The Balaban J connectivity index is 2.02. The Morgan fingerprint density at radius 3 is 2.28 bits per heavy atom. The summed E-state index contributed by atoms with van der Waals surface area (Å²) < 4.78 is 11.2. The average Bonchev–Trinajstić information content (AvgIpc) is 2.64. The lowest BCUT2D eigenvalue weighted by Crippen LogP contribution is -2.25. The topological polar surface area (TPSA) is 72.8 Å². The van der Waals surface area contributed by atoms with E-state index in [4.69, 9.17) is 9.47 Å². The van der Waals surface area contributed by atoms with E-state index in [2.05, 4.69) is 6.92 Å². The van der Waals surface area contributed by atoms with E-state index >= 15 is 0 Å². The van der Waals surface area contributed by atoms with E-state index in [0.717, 1.165) is 19.3 Å².